The third kappa shape index (κ3) is 6.14. The smallest absolute Gasteiger partial charge is 0.328 e. The van der Waals surface area contributed by atoms with Gasteiger partial charge >= 0.3 is 5.97 Å². The first-order valence-corrected chi connectivity index (χ1v) is 16.1. The molecule has 2 aromatic heterocycles. The van der Waals surface area contributed by atoms with Gasteiger partial charge in [-0.25, -0.2) is 4.79 Å². The summed E-state index contributed by atoms with van der Waals surface area (Å²) < 4.78 is 7.87. The predicted molar refractivity (Wildman–Crippen MR) is 179 cm³/mol. The fraction of sp³-hybridized carbons (Fsp3) is 0.351. The van der Waals surface area contributed by atoms with Gasteiger partial charge in [0.25, 0.3) is 5.91 Å². The second-order valence-electron chi connectivity index (χ2n) is 12.3. The number of hydrogen-bond donors (Lipinski definition) is 3. The minimum Gasteiger partial charge on any atom is -0.493 e. The topological polar surface area (TPSA) is 123 Å². The van der Waals surface area contributed by atoms with E-state index in [0.29, 0.717) is 47.9 Å². The van der Waals surface area contributed by atoms with Gasteiger partial charge in [0.2, 0.25) is 5.91 Å². The Balaban J connectivity index is 1.28. The normalized spacial score (nSPS) is 16.2. The summed E-state index contributed by atoms with van der Waals surface area (Å²) in [6, 6.07) is 16.9. The molecule has 4 aromatic rings. The summed E-state index contributed by atoms with van der Waals surface area (Å²) in [5, 5.41) is 16.3. The minimum absolute atomic E-state index is 0.282. The number of hydrogen-bond acceptors (Lipinski definition) is 5. The molecule has 238 valence electrons. The predicted octanol–water partition coefficient (Wildman–Crippen LogP) is 7.08. The van der Waals surface area contributed by atoms with Crippen molar-refractivity contribution < 1.29 is 24.2 Å². The van der Waals surface area contributed by atoms with Crippen LogP contribution in [0.2, 0.25) is 0 Å². The molecule has 9 nitrogen and oxygen atoms in total. The summed E-state index contributed by atoms with van der Waals surface area (Å²) >= 11 is 0. The van der Waals surface area contributed by atoms with Crippen molar-refractivity contribution in [3.8, 4) is 17.1 Å². The van der Waals surface area contributed by atoms with Gasteiger partial charge in [-0.2, -0.15) is 0 Å². The van der Waals surface area contributed by atoms with E-state index < -0.39 is 11.5 Å². The van der Waals surface area contributed by atoms with E-state index in [0.717, 1.165) is 54.1 Å². The number of amides is 2. The Bertz CT molecular complexity index is 1800. The Morgan fingerprint density at radius 1 is 1.04 bits per heavy atom. The van der Waals surface area contributed by atoms with Crippen LogP contribution >= 0.6 is 0 Å². The van der Waals surface area contributed by atoms with Crippen molar-refractivity contribution in [2.24, 2.45) is 7.05 Å². The van der Waals surface area contributed by atoms with Crippen LogP contribution in [0, 0.1) is 0 Å². The fourth-order valence-electron chi connectivity index (χ4n) is 7.17. The highest BCUT2D eigenvalue weighted by Gasteiger charge is 2.43. The molecule has 0 radical (unpaired) electrons. The highest BCUT2D eigenvalue weighted by Crippen LogP contribution is 2.44. The van der Waals surface area contributed by atoms with Crippen LogP contribution in [0.15, 0.2) is 66.9 Å². The van der Waals surface area contributed by atoms with Crippen molar-refractivity contribution in [1.82, 2.24) is 14.9 Å². The van der Waals surface area contributed by atoms with Crippen LogP contribution in [0.5, 0.6) is 5.75 Å². The zero-order valence-corrected chi connectivity index (χ0v) is 26.3. The third-order valence-electron chi connectivity index (χ3n) is 9.39. The molecular weight excluding hydrogens is 580 g/mol. The lowest BCUT2D eigenvalue weighted by Crippen LogP contribution is -2.55. The van der Waals surface area contributed by atoms with Crippen molar-refractivity contribution in [1.29, 1.82) is 0 Å². The monoisotopic (exact) mass is 620 g/mol. The van der Waals surface area contributed by atoms with Gasteiger partial charge in [-0.15, -0.1) is 0 Å². The summed E-state index contributed by atoms with van der Waals surface area (Å²) in [5.41, 5.74) is 4.85. The molecule has 2 aliphatic carbocycles. The Hall–Kier alpha value is -4.92. The zero-order chi connectivity index (χ0) is 32.3. The number of aliphatic carboxylic acids is 1. The average molecular weight is 621 g/mol. The number of nitrogens with one attached hydrogen (secondary N) is 2. The number of nitrogens with zero attached hydrogens (tertiary/aromatic N) is 2. The largest absolute Gasteiger partial charge is 0.493 e. The highest BCUT2D eigenvalue weighted by atomic mass is 16.5. The first-order valence-electron chi connectivity index (χ1n) is 16.1. The highest BCUT2D eigenvalue weighted by molar-refractivity contribution is 6.06. The molecule has 2 aliphatic rings. The summed E-state index contributed by atoms with van der Waals surface area (Å²) in [6.07, 6.45) is 11.8. The number of aromatic nitrogens is 2. The van der Waals surface area contributed by atoms with E-state index in [1.165, 1.54) is 24.5 Å². The van der Waals surface area contributed by atoms with Crippen molar-refractivity contribution in [2.45, 2.75) is 69.7 Å². The number of fused-ring (bicyclic) bond motifs is 1. The lowest BCUT2D eigenvalue weighted by molar-refractivity contribution is -0.131. The quantitative estimate of drug-likeness (QED) is 0.163. The van der Waals surface area contributed by atoms with Gasteiger partial charge in [0.15, 0.2) is 0 Å². The summed E-state index contributed by atoms with van der Waals surface area (Å²) in [7, 11) is 2.04. The van der Waals surface area contributed by atoms with E-state index in [1.54, 1.807) is 18.2 Å². The molecule has 0 spiro atoms. The Morgan fingerprint density at radius 2 is 1.83 bits per heavy atom. The number of anilines is 1. The fourth-order valence-corrected chi connectivity index (χ4v) is 7.17. The maximum absolute atomic E-state index is 13.9. The van der Waals surface area contributed by atoms with E-state index in [-0.39, 0.29) is 11.8 Å². The Labute approximate surface area is 268 Å². The van der Waals surface area contributed by atoms with Crippen LogP contribution in [0.4, 0.5) is 5.69 Å². The maximum atomic E-state index is 13.9. The second-order valence-corrected chi connectivity index (χ2v) is 12.3. The van der Waals surface area contributed by atoms with E-state index in [1.807, 2.05) is 50.5 Å². The lowest BCUT2D eigenvalue weighted by atomic mass is 9.92. The average Bonchev–Trinajstić information content (AvgIpc) is 3.82. The zero-order valence-electron chi connectivity index (χ0n) is 26.3. The molecule has 3 N–H and O–H groups in total. The van der Waals surface area contributed by atoms with Crippen LogP contribution in [-0.4, -0.2) is 44.6 Å². The van der Waals surface area contributed by atoms with E-state index >= 15 is 0 Å². The molecule has 0 atom stereocenters. The number of pyridine rings is 1. The molecule has 9 heteroatoms. The number of rotatable bonds is 10. The van der Waals surface area contributed by atoms with Crippen molar-refractivity contribution in [3.05, 3.63) is 83.6 Å². The second kappa shape index (κ2) is 13.2. The van der Waals surface area contributed by atoms with Crippen molar-refractivity contribution >= 4 is 40.4 Å². The first kappa shape index (κ1) is 31.1. The molecule has 0 bridgehead atoms. The first-order chi connectivity index (χ1) is 22.3. The molecule has 2 fully saturated rings. The molecule has 2 amide bonds. The lowest BCUT2D eigenvalue weighted by Gasteiger charge is -2.29. The third-order valence-corrected chi connectivity index (χ3v) is 9.39. The number of carbonyl (C=O) groups is 3. The molecule has 0 saturated heterocycles. The molecule has 6 rings (SSSR count). The van der Waals surface area contributed by atoms with Crippen LogP contribution in [0.3, 0.4) is 0 Å². The van der Waals surface area contributed by atoms with Gasteiger partial charge in [-0.1, -0.05) is 37.8 Å². The van der Waals surface area contributed by atoms with Gasteiger partial charge in [0.1, 0.15) is 11.3 Å². The van der Waals surface area contributed by atoms with Gasteiger partial charge in [0.05, 0.1) is 18.0 Å². The van der Waals surface area contributed by atoms with Gasteiger partial charge in [-0.3, -0.25) is 14.6 Å². The number of carbonyl (C=O) groups excluding carboxylic acids is 2. The molecule has 2 saturated carbocycles. The van der Waals surface area contributed by atoms with Crippen molar-refractivity contribution in [3.63, 3.8) is 0 Å². The molecule has 2 heterocycles. The summed E-state index contributed by atoms with van der Waals surface area (Å²) in [4.78, 5) is 43.4. The SMILES string of the molecule is CCOc1cc(NC(=O)C2(NC(=O)c3ccc4c(C5CCCC5)c(-c5ccccn5)n(C)c4c3)CCCC2)ccc1/C=C/C(=O)O. The number of carboxylic acids is 1. The number of ether oxygens (including phenoxy) is 1. The van der Waals surface area contributed by atoms with Gasteiger partial charge < -0.3 is 25.0 Å². The van der Waals surface area contributed by atoms with Gasteiger partial charge in [-0.05, 0) is 86.6 Å². The van der Waals surface area contributed by atoms with Crippen LogP contribution in [0.25, 0.3) is 28.4 Å². The molecule has 2 aromatic carbocycles. The van der Waals surface area contributed by atoms with Crippen LogP contribution < -0.4 is 15.4 Å². The minimum atomic E-state index is -1.06. The summed E-state index contributed by atoms with van der Waals surface area (Å²) in [5.74, 6) is -0.717. The van der Waals surface area contributed by atoms with Crippen LogP contribution in [-0.2, 0) is 16.6 Å². The van der Waals surface area contributed by atoms with Crippen molar-refractivity contribution in [2.75, 3.05) is 11.9 Å². The van der Waals surface area contributed by atoms with E-state index in [9.17, 15) is 14.4 Å². The number of benzene rings is 2. The molecule has 0 aliphatic heterocycles. The number of carboxylic acid groups (broad SMARTS) is 1. The number of aryl methyl sites for hydroxylation is 1. The molecule has 46 heavy (non-hydrogen) atoms. The Kier molecular flexibility index (Phi) is 8.92. The summed E-state index contributed by atoms with van der Waals surface area (Å²) in [6.45, 7) is 2.21. The standard InChI is InChI=1S/C37H40N4O5/c1-3-46-31-23-27(16-13-24(31)15-18-32(42)43)39-36(45)37(19-7-8-20-37)40-35(44)26-14-17-28-30(22-26)41(2)34(29-12-6-9-21-38-29)33(28)25-10-4-5-11-25/h6,9,12-18,21-23,25H,3-5,7-8,10-11,19-20H2,1-2H3,(H,39,45)(H,40,44)(H,42,43)/b18-15+. The van der Waals surface area contributed by atoms with E-state index in [2.05, 4.69) is 26.3 Å². The van der Waals surface area contributed by atoms with Crippen LogP contribution in [0.1, 0.15) is 85.7 Å². The van der Waals surface area contributed by atoms with Gasteiger partial charge in [0, 0.05) is 53.1 Å². The molecule has 0 unspecified atom stereocenters. The molecular formula is C37H40N4O5. The Morgan fingerprint density at radius 3 is 2.52 bits per heavy atom. The van der Waals surface area contributed by atoms with E-state index in [4.69, 9.17) is 9.84 Å². The maximum Gasteiger partial charge on any atom is 0.328 e.